The number of carbonyl (C=O) groups is 1. The van der Waals surface area contributed by atoms with E-state index in [1.165, 1.54) is 19.3 Å². The average Bonchev–Trinajstić information content (AvgIpc) is 2.85. The van der Waals surface area contributed by atoms with Gasteiger partial charge in [-0.3, -0.25) is 4.79 Å². The van der Waals surface area contributed by atoms with Crippen LogP contribution >= 0.6 is 0 Å². The van der Waals surface area contributed by atoms with Crippen LogP contribution in [0, 0.1) is 24.7 Å². The summed E-state index contributed by atoms with van der Waals surface area (Å²) in [5.41, 5.74) is 1.70. The SMILES string of the molecule is Cc1cc(C#CC2CC(CN3CCCCC3)C(=O)N2C)ccc1O. The molecule has 0 saturated carbocycles. The van der Waals surface area contributed by atoms with Gasteiger partial charge in [0, 0.05) is 19.2 Å². The lowest BCUT2D eigenvalue weighted by Crippen LogP contribution is -2.37. The summed E-state index contributed by atoms with van der Waals surface area (Å²) >= 11 is 0. The van der Waals surface area contributed by atoms with Crippen LogP contribution in [-0.4, -0.2) is 53.5 Å². The molecule has 4 heteroatoms. The lowest BCUT2D eigenvalue weighted by molar-refractivity contribution is -0.130. The summed E-state index contributed by atoms with van der Waals surface area (Å²) in [6.45, 7) is 4.98. The van der Waals surface area contributed by atoms with Gasteiger partial charge in [0.2, 0.25) is 5.91 Å². The van der Waals surface area contributed by atoms with Gasteiger partial charge >= 0.3 is 0 Å². The van der Waals surface area contributed by atoms with Gasteiger partial charge in [0.15, 0.2) is 0 Å². The van der Waals surface area contributed by atoms with Gasteiger partial charge in [0.05, 0.1) is 12.0 Å². The summed E-state index contributed by atoms with van der Waals surface area (Å²) in [7, 11) is 1.86. The maximum absolute atomic E-state index is 12.5. The van der Waals surface area contributed by atoms with E-state index in [-0.39, 0.29) is 23.6 Å². The number of rotatable bonds is 2. The molecular formula is C20H26N2O2. The fraction of sp³-hybridized carbons (Fsp3) is 0.550. The van der Waals surface area contributed by atoms with Gasteiger partial charge in [0.1, 0.15) is 5.75 Å². The molecule has 2 saturated heterocycles. The number of nitrogens with zero attached hydrogens (tertiary/aromatic N) is 2. The number of amides is 1. The molecular weight excluding hydrogens is 300 g/mol. The van der Waals surface area contributed by atoms with Crippen LogP contribution in [0.3, 0.4) is 0 Å². The minimum Gasteiger partial charge on any atom is -0.508 e. The minimum absolute atomic E-state index is 0.0126. The number of piperidine rings is 1. The van der Waals surface area contributed by atoms with Gasteiger partial charge in [-0.25, -0.2) is 0 Å². The monoisotopic (exact) mass is 326 g/mol. The van der Waals surface area contributed by atoms with Gasteiger partial charge in [-0.1, -0.05) is 18.3 Å². The van der Waals surface area contributed by atoms with Crippen molar-refractivity contribution >= 4 is 5.91 Å². The number of aryl methyl sites for hydroxylation is 1. The van der Waals surface area contributed by atoms with Crippen molar-refractivity contribution in [3.63, 3.8) is 0 Å². The first kappa shape index (κ1) is 16.9. The topological polar surface area (TPSA) is 43.8 Å². The van der Waals surface area contributed by atoms with E-state index >= 15 is 0 Å². The Morgan fingerprint density at radius 1 is 1.25 bits per heavy atom. The molecule has 0 spiro atoms. The van der Waals surface area contributed by atoms with Crippen molar-refractivity contribution in [2.24, 2.45) is 5.92 Å². The Kier molecular flexibility index (Phi) is 5.11. The largest absolute Gasteiger partial charge is 0.508 e. The predicted octanol–water partition coefficient (Wildman–Crippen LogP) is 2.38. The summed E-state index contributed by atoms with van der Waals surface area (Å²) in [5.74, 6) is 7.00. The first-order valence-corrected chi connectivity index (χ1v) is 8.85. The average molecular weight is 326 g/mol. The van der Waals surface area contributed by atoms with Gasteiger partial charge in [0.25, 0.3) is 0 Å². The fourth-order valence-electron chi connectivity index (χ4n) is 3.63. The van der Waals surface area contributed by atoms with Crippen molar-refractivity contribution in [3.05, 3.63) is 29.3 Å². The zero-order valence-electron chi connectivity index (χ0n) is 14.6. The molecule has 4 nitrogen and oxygen atoms in total. The molecule has 3 rings (SSSR count). The third-order valence-corrected chi connectivity index (χ3v) is 5.18. The highest BCUT2D eigenvalue weighted by Crippen LogP contribution is 2.25. The number of hydrogen-bond acceptors (Lipinski definition) is 3. The zero-order valence-corrected chi connectivity index (χ0v) is 14.6. The van der Waals surface area contributed by atoms with Crippen molar-refractivity contribution in [3.8, 4) is 17.6 Å². The molecule has 2 fully saturated rings. The minimum atomic E-state index is -0.0126. The Morgan fingerprint density at radius 3 is 2.71 bits per heavy atom. The summed E-state index contributed by atoms with van der Waals surface area (Å²) in [6.07, 6.45) is 4.63. The molecule has 128 valence electrons. The highest BCUT2D eigenvalue weighted by atomic mass is 16.3. The van der Waals surface area contributed by atoms with Crippen LogP contribution in [-0.2, 0) is 4.79 Å². The second-order valence-electron chi connectivity index (χ2n) is 7.03. The molecule has 1 N–H and O–H groups in total. The summed E-state index contributed by atoms with van der Waals surface area (Å²) in [6, 6.07) is 5.35. The molecule has 0 bridgehead atoms. The predicted molar refractivity (Wildman–Crippen MR) is 94.7 cm³/mol. The van der Waals surface area contributed by atoms with Crippen LogP contribution in [0.5, 0.6) is 5.75 Å². The molecule has 2 aliphatic rings. The summed E-state index contributed by atoms with van der Waals surface area (Å²) < 4.78 is 0. The maximum Gasteiger partial charge on any atom is 0.227 e. The summed E-state index contributed by atoms with van der Waals surface area (Å²) in [5, 5.41) is 9.58. The molecule has 0 radical (unpaired) electrons. The van der Waals surface area contributed by atoms with Crippen molar-refractivity contribution in [1.82, 2.24) is 9.80 Å². The maximum atomic E-state index is 12.5. The Balaban J connectivity index is 1.65. The first-order chi connectivity index (χ1) is 11.5. The Hall–Kier alpha value is -1.99. The van der Waals surface area contributed by atoms with Crippen LogP contribution in [0.2, 0.25) is 0 Å². The van der Waals surface area contributed by atoms with E-state index in [0.29, 0.717) is 0 Å². The van der Waals surface area contributed by atoms with E-state index in [1.807, 2.05) is 26.1 Å². The van der Waals surface area contributed by atoms with Gasteiger partial charge in [-0.15, -0.1) is 0 Å². The van der Waals surface area contributed by atoms with Crippen LogP contribution in [0.15, 0.2) is 18.2 Å². The number of likely N-dealkylation sites (tertiary alicyclic amines) is 2. The fourth-order valence-corrected chi connectivity index (χ4v) is 3.63. The van der Waals surface area contributed by atoms with Crippen molar-refractivity contribution < 1.29 is 9.90 Å². The quantitative estimate of drug-likeness (QED) is 0.849. The van der Waals surface area contributed by atoms with Crippen molar-refractivity contribution in [2.45, 2.75) is 38.6 Å². The van der Waals surface area contributed by atoms with Gasteiger partial charge < -0.3 is 14.9 Å². The van der Waals surface area contributed by atoms with Gasteiger partial charge in [-0.05, 0) is 63.0 Å². The standard InChI is InChI=1S/C20H26N2O2/c1-15-12-16(7-9-19(15)23)6-8-18-13-17(20(24)21(18)2)14-22-10-4-3-5-11-22/h7,9,12,17-18,23H,3-5,10-11,13-14H2,1-2H3. The third-order valence-electron chi connectivity index (χ3n) is 5.18. The number of phenolic OH excluding ortho intramolecular Hbond substituents is 1. The smallest absolute Gasteiger partial charge is 0.227 e. The lowest BCUT2D eigenvalue weighted by atomic mass is 10.0. The van der Waals surface area contributed by atoms with E-state index < -0.39 is 0 Å². The first-order valence-electron chi connectivity index (χ1n) is 8.85. The van der Waals surface area contributed by atoms with Crippen LogP contribution < -0.4 is 0 Å². The Bertz CT molecular complexity index is 668. The molecule has 2 atom stereocenters. The number of hydrogen-bond donors (Lipinski definition) is 1. The molecule has 0 aromatic heterocycles. The number of aromatic hydroxyl groups is 1. The second-order valence-corrected chi connectivity index (χ2v) is 7.03. The molecule has 1 aromatic carbocycles. The molecule has 2 unspecified atom stereocenters. The van der Waals surface area contributed by atoms with Gasteiger partial charge in [-0.2, -0.15) is 0 Å². The molecule has 2 heterocycles. The highest BCUT2D eigenvalue weighted by molar-refractivity contribution is 5.82. The molecule has 1 aromatic rings. The van der Waals surface area contributed by atoms with Crippen LogP contribution in [0.25, 0.3) is 0 Å². The second kappa shape index (κ2) is 7.27. The number of benzene rings is 1. The van der Waals surface area contributed by atoms with Crippen molar-refractivity contribution in [1.29, 1.82) is 0 Å². The molecule has 2 aliphatic heterocycles. The van der Waals surface area contributed by atoms with E-state index in [4.69, 9.17) is 0 Å². The van der Waals surface area contributed by atoms with Crippen LogP contribution in [0.1, 0.15) is 36.8 Å². The van der Waals surface area contributed by atoms with E-state index in [0.717, 1.165) is 37.2 Å². The summed E-state index contributed by atoms with van der Waals surface area (Å²) in [4.78, 5) is 16.7. The van der Waals surface area contributed by atoms with E-state index in [1.54, 1.807) is 11.0 Å². The Morgan fingerprint density at radius 2 is 2.00 bits per heavy atom. The number of carbonyl (C=O) groups excluding carboxylic acids is 1. The highest BCUT2D eigenvalue weighted by Gasteiger charge is 2.37. The van der Waals surface area contributed by atoms with Crippen LogP contribution in [0.4, 0.5) is 0 Å². The normalized spacial score (nSPS) is 24.8. The lowest BCUT2D eigenvalue weighted by Gasteiger charge is -2.28. The van der Waals surface area contributed by atoms with E-state index in [2.05, 4.69) is 16.7 Å². The third kappa shape index (κ3) is 3.73. The number of phenols is 1. The molecule has 24 heavy (non-hydrogen) atoms. The van der Waals surface area contributed by atoms with Crippen molar-refractivity contribution in [2.75, 3.05) is 26.7 Å². The zero-order chi connectivity index (χ0) is 17.1. The Labute approximate surface area is 144 Å². The molecule has 0 aliphatic carbocycles. The molecule has 1 amide bonds. The van der Waals surface area contributed by atoms with E-state index in [9.17, 15) is 9.90 Å².